The van der Waals surface area contributed by atoms with Gasteiger partial charge < -0.3 is 5.32 Å². The maximum absolute atomic E-state index is 11.9. The summed E-state index contributed by atoms with van der Waals surface area (Å²) >= 11 is 1.68. The van der Waals surface area contributed by atoms with Gasteiger partial charge in [0.15, 0.2) is 6.54 Å². The van der Waals surface area contributed by atoms with Crippen LogP contribution in [0.2, 0.25) is 0 Å². The van der Waals surface area contributed by atoms with Gasteiger partial charge in [0.1, 0.15) is 6.04 Å². The Bertz CT molecular complexity index is 683. The molecular formula is C19H26N3O2S+. The lowest BCUT2D eigenvalue weighted by molar-refractivity contribution is -0.676. The number of nitrogens with one attached hydrogen (secondary N) is 2. The number of carbonyl (C=O) groups is 2. The molecule has 0 radical (unpaired) electrons. The van der Waals surface area contributed by atoms with Gasteiger partial charge in [0.2, 0.25) is 5.91 Å². The van der Waals surface area contributed by atoms with E-state index < -0.39 is 0 Å². The Hall–Kier alpha value is -2.18. The Balaban J connectivity index is 2.09. The summed E-state index contributed by atoms with van der Waals surface area (Å²) in [6, 6.07) is 12.8. The van der Waals surface area contributed by atoms with Gasteiger partial charge in [0, 0.05) is 12.5 Å². The van der Waals surface area contributed by atoms with E-state index in [0.717, 1.165) is 6.42 Å². The van der Waals surface area contributed by atoms with Crippen LogP contribution in [0.1, 0.15) is 55.2 Å². The first-order chi connectivity index (χ1) is 12.0. The average Bonchev–Trinajstić information content (AvgIpc) is 3.14. The fourth-order valence-corrected chi connectivity index (χ4v) is 3.44. The van der Waals surface area contributed by atoms with Gasteiger partial charge in [-0.2, -0.15) is 0 Å². The van der Waals surface area contributed by atoms with Gasteiger partial charge in [-0.1, -0.05) is 44.2 Å². The molecule has 0 bridgehead atoms. The van der Waals surface area contributed by atoms with Crippen LogP contribution in [0.5, 0.6) is 0 Å². The zero-order valence-corrected chi connectivity index (χ0v) is 15.7. The molecule has 0 saturated carbocycles. The number of hydrogen-bond acceptors (Lipinski definition) is 3. The number of hydrazine groups is 1. The second-order valence-electron chi connectivity index (χ2n) is 6.14. The van der Waals surface area contributed by atoms with Crippen LogP contribution in [0, 0.1) is 0 Å². The molecule has 1 aromatic carbocycles. The molecule has 0 aliphatic rings. The molecule has 1 aromatic heterocycles. The number of carbonyl (C=O) groups excluding carboxylic acids is 2. The molecule has 0 aliphatic heterocycles. The third-order valence-corrected chi connectivity index (χ3v) is 5.20. The quantitative estimate of drug-likeness (QED) is 0.661. The summed E-state index contributed by atoms with van der Waals surface area (Å²) in [5.74, 6) is 0.0263. The Morgan fingerprint density at radius 2 is 1.80 bits per heavy atom. The van der Waals surface area contributed by atoms with E-state index in [2.05, 4.69) is 55.0 Å². The number of nitrogens with two attached hydrogens (primary N) is 1. The third-order valence-electron chi connectivity index (χ3n) is 4.24. The summed E-state index contributed by atoms with van der Waals surface area (Å²) in [6.45, 7) is 6.01. The molecule has 2 rings (SSSR count). The van der Waals surface area contributed by atoms with Gasteiger partial charge in [0.25, 0.3) is 5.91 Å². The van der Waals surface area contributed by atoms with Crippen LogP contribution in [-0.2, 0) is 9.59 Å². The van der Waals surface area contributed by atoms with Gasteiger partial charge in [-0.15, -0.1) is 11.3 Å². The molecule has 0 saturated heterocycles. The number of amides is 2. The van der Waals surface area contributed by atoms with E-state index in [4.69, 9.17) is 0 Å². The Kier molecular flexibility index (Phi) is 7.16. The smallest absolute Gasteiger partial charge is 0.293 e. The molecule has 0 unspecified atom stereocenters. The summed E-state index contributed by atoms with van der Waals surface area (Å²) < 4.78 is 0. The maximum atomic E-state index is 11.9. The Morgan fingerprint density at radius 3 is 2.36 bits per heavy atom. The van der Waals surface area contributed by atoms with Crippen LogP contribution in [0.15, 0.2) is 41.8 Å². The summed E-state index contributed by atoms with van der Waals surface area (Å²) in [7, 11) is 0. The van der Waals surface area contributed by atoms with Gasteiger partial charge >= 0.3 is 0 Å². The van der Waals surface area contributed by atoms with E-state index in [9.17, 15) is 9.59 Å². The minimum Gasteiger partial charge on any atom is -0.328 e. The summed E-state index contributed by atoms with van der Waals surface area (Å²) in [5.41, 5.74) is 7.21. The highest BCUT2D eigenvalue weighted by atomic mass is 32.1. The van der Waals surface area contributed by atoms with Crippen LogP contribution in [-0.4, -0.2) is 18.4 Å². The molecule has 0 spiro atoms. The molecule has 134 valence electrons. The van der Waals surface area contributed by atoms with Crippen molar-refractivity contribution in [2.24, 2.45) is 0 Å². The largest absolute Gasteiger partial charge is 0.328 e. The van der Waals surface area contributed by atoms with Crippen molar-refractivity contribution in [3.05, 3.63) is 57.8 Å². The van der Waals surface area contributed by atoms with Crippen molar-refractivity contribution in [1.29, 1.82) is 0 Å². The first-order valence-corrected chi connectivity index (χ1v) is 9.41. The van der Waals surface area contributed by atoms with Crippen LogP contribution in [0.25, 0.3) is 0 Å². The van der Waals surface area contributed by atoms with E-state index in [1.807, 2.05) is 16.8 Å². The fraction of sp³-hybridized carbons (Fsp3) is 0.368. The number of thiophene rings is 1. The Labute approximate surface area is 152 Å². The van der Waals surface area contributed by atoms with Crippen molar-refractivity contribution in [2.75, 3.05) is 6.54 Å². The molecule has 25 heavy (non-hydrogen) atoms. The minimum atomic E-state index is -0.288. The predicted molar refractivity (Wildman–Crippen MR) is 100 cm³/mol. The highest BCUT2D eigenvalue weighted by Gasteiger charge is 2.20. The number of quaternary nitrogens is 1. The molecule has 4 N–H and O–H groups in total. The van der Waals surface area contributed by atoms with Crippen molar-refractivity contribution < 1.29 is 14.9 Å². The van der Waals surface area contributed by atoms with Crippen molar-refractivity contribution in [2.45, 2.75) is 39.2 Å². The van der Waals surface area contributed by atoms with Gasteiger partial charge in [-0.05, 0) is 29.3 Å². The first-order valence-electron chi connectivity index (χ1n) is 8.53. The second-order valence-corrected chi connectivity index (χ2v) is 7.12. The highest BCUT2D eigenvalue weighted by molar-refractivity contribution is 7.10. The van der Waals surface area contributed by atoms with Crippen LogP contribution in [0.3, 0.4) is 0 Å². The zero-order chi connectivity index (χ0) is 18.2. The van der Waals surface area contributed by atoms with Crippen molar-refractivity contribution in [3.8, 4) is 0 Å². The highest BCUT2D eigenvalue weighted by Crippen LogP contribution is 2.25. The fourth-order valence-electron chi connectivity index (χ4n) is 2.59. The van der Waals surface area contributed by atoms with E-state index in [1.54, 1.807) is 11.3 Å². The monoisotopic (exact) mass is 360 g/mol. The van der Waals surface area contributed by atoms with E-state index in [-0.39, 0.29) is 24.4 Å². The van der Waals surface area contributed by atoms with Gasteiger partial charge in [-0.25, -0.2) is 0 Å². The zero-order valence-electron chi connectivity index (χ0n) is 14.9. The summed E-state index contributed by atoms with van der Waals surface area (Å²) in [6.07, 6.45) is 1.11. The lowest BCUT2D eigenvalue weighted by Crippen LogP contribution is -2.88. The van der Waals surface area contributed by atoms with Crippen LogP contribution in [0.4, 0.5) is 0 Å². The molecule has 2 atom stereocenters. The van der Waals surface area contributed by atoms with Crippen molar-refractivity contribution in [1.82, 2.24) is 10.9 Å². The molecule has 2 aromatic rings. The number of benzene rings is 1. The number of rotatable bonds is 7. The van der Waals surface area contributed by atoms with Crippen molar-refractivity contribution >= 4 is 23.2 Å². The summed E-state index contributed by atoms with van der Waals surface area (Å²) in [5, 5.41) is 4.03. The normalized spacial score (nSPS) is 13.1. The Morgan fingerprint density at radius 1 is 1.12 bits per heavy atom. The standard InChI is InChI=1S/C19H25N3O2S/c1-4-13(2)15-7-9-16(10-8-15)19(17-6-5-11-25-17)20-12-18(24)22-21-14(3)23/h5-11,13,19-20H,4,12H2,1-3H3,(H,21,23)(H,22,24)/p+1/t13-,19+/m1/s1. The lowest BCUT2D eigenvalue weighted by Gasteiger charge is -2.16. The van der Waals surface area contributed by atoms with E-state index in [1.165, 1.54) is 22.9 Å². The summed E-state index contributed by atoms with van der Waals surface area (Å²) in [4.78, 5) is 24.0. The maximum Gasteiger partial charge on any atom is 0.293 e. The first kappa shape index (κ1) is 19.1. The molecule has 0 aliphatic carbocycles. The second kappa shape index (κ2) is 9.34. The van der Waals surface area contributed by atoms with Crippen LogP contribution >= 0.6 is 11.3 Å². The van der Waals surface area contributed by atoms with Crippen molar-refractivity contribution in [3.63, 3.8) is 0 Å². The minimum absolute atomic E-state index is 0.0639. The average molecular weight is 361 g/mol. The molecule has 6 heteroatoms. The molecular weight excluding hydrogens is 334 g/mol. The molecule has 0 fully saturated rings. The van der Waals surface area contributed by atoms with Crippen LogP contribution < -0.4 is 16.2 Å². The topological polar surface area (TPSA) is 74.8 Å². The SMILES string of the molecule is CC[C@@H](C)c1ccc([C@H]([NH2+]CC(=O)NNC(C)=O)c2cccs2)cc1. The predicted octanol–water partition coefficient (Wildman–Crippen LogP) is 2.08. The van der Waals surface area contributed by atoms with E-state index >= 15 is 0 Å². The molecule has 2 amide bonds. The molecule has 5 nitrogen and oxygen atoms in total. The third kappa shape index (κ3) is 5.69. The van der Waals surface area contributed by atoms with Gasteiger partial charge in [-0.3, -0.25) is 20.4 Å². The number of hydrogen-bond donors (Lipinski definition) is 3. The lowest BCUT2D eigenvalue weighted by atomic mass is 9.95. The van der Waals surface area contributed by atoms with E-state index in [0.29, 0.717) is 5.92 Å². The molecule has 1 heterocycles. The van der Waals surface area contributed by atoms with Gasteiger partial charge in [0.05, 0.1) is 4.88 Å².